The van der Waals surface area contributed by atoms with Crippen LogP contribution in [0.25, 0.3) is 11.0 Å². The molecule has 3 rings (SSSR count). The van der Waals surface area contributed by atoms with Gasteiger partial charge in [0.2, 0.25) is 11.0 Å². The molecule has 0 saturated carbocycles. The molecule has 0 unspecified atom stereocenters. The van der Waals surface area contributed by atoms with E-state index in [9.17, 15) is 8.42 Å². The van der Waals surface area contributed by atoms with Crippen LogP contribution >= 0.6 is 11.6 Å². The number of benzene rings is 1. The molecule has 0 aliphatic carbocycles. The van der Waals surface area contributed by atoms with E-state index in [4.69, 9.17) is 11.6 Å². The first-order valence-corrected chi connectivity index (χ1v) is 7.34. The van der Waals surface area contributed by atoms with Gasteiger partial charge >= 0.3 is 0 Å². The monoisotopic (exact) mass is 312 g/mol. The average Bonchev–Trinajstić information content (AvgIpc) is 2.94. The van der Waals surface area contributed by atoms with E-state index in [2.05, 4.69) is 24.9 Å². The van der Waals surface area contributed by atoms with Crippen LogP contribution in [0, 0.1) is 0 Å². The number of halogens is 1. The molecule has 0 radical (unpaired) electrons. The summed E-state index contributed by atoms with van der Waals surface area (Å²) in [6.45, 7) is 0. The normalized spacial score (nSPS) is 11.9. The SMILES string of the molecule is Cn1ncc(S(=O)(=O)Nc2nc3ccc(Cl)cc3[nH]2)n1. The number of H-pyrrole nitrogens is 1. The molecule has 0 amide bonds. The van der Waals surface area contributed by atoms with Gasteiger partial charge in [-0.2, -0.15) is 18.3 Å². The number of aryl methyl sites for hydroxylation is 1. The van der Waals surface area contributed by atoms with Crippen molar-refractivity contribution in [3.63, 3.8) is 0 Å². The highest BCUT2D eigenvalue weighted by Crippen LogP contribution is 2.20. The maximum atomic E-state index is 12.0. The molecule has 0 saturated heterocycles. The first-order chi connectivity index (χ1) is 9.44. The van der Waals surface area contributed by atoms with Gasteiger partial charge in [0, 0.05) is 12.1 Å². The third-order valence-corrected chi connectivity index (χ3v) is 3.96. The largest absolute Gasteiger partial charge is 0.323 e. The maximum Gasteiger partial charge on any atom is 0.285 e. The predicted octanol–water partition coefficient (Wildman–Crippen LogP) is 1.15. The van der Waals surface area contributed by atoms with Gasteiger partial charge < -0.3 is 4.98 Å². The molecule has 10 heteroatoms. The smallest absolute Gasteiger partial charge is 0.285 e. The lowest BCUT2D eigenvalue weighted by molar-refractivity contribution is 0.588. The second-order valence-electron chi connectivity index (χ2n) is 4.02. The highest BCUT2D eigenvalue weighted by molar-refractivity contribution is 7.92. The van der Waals surface area contributed by atoms with E-state index in [1.807, 2.05) is 0 Å². The minimum Gasteiger partial charge on any atom is -0.323 e. The van der Waals surface area contributed by atoms with Crippen LogP contribution in [0.4, 0.5) is 5.95 Å². The Morgan fingerprint density at radius 3 is 2.90 bits per heavy atom. The van der Waals surface area contributed by atoms with Gasteiger partial charge in [-0.25, -0.2) is 9.71 Å². The van der Waals surface area contributed by atoms with Gasteiger partial charge in [-0.3, -0.25) is 0 Å². The van der Waals surface area contributed by atoms with Gasteiger partial charge in [-0.1, -0.05) is 11.6 Å². The Hall–Kier alpha value is -2.13. The number of hydrogen-bond acceptors (Lipinski definition) is 5. The summed E-state index contributed by atoms with van der Waals surface area (Å²) in [7, 11) is -2.29. The third-order valence-electron chi connectivity index (χ3n) is 2.53. The summed E-state index contributed by atoms with van der Waals surface area (Å²) in [5.74, 6) is 0.0907. The molecular weight excluding hydrogens is 304 g/mol. The molecule has 0 bridgehead atoms. The average molecular weight is 313 g/mol. The lowest BCUT2D eigenvalue weighted by Crippen LogP contribution is -2.14. The summed E-state index contributed by atoms with van der Waals surface area (Å²) >= 11 is 5.85. The van der Waals surface area contributed by atoms with Crippen LogP contribution in [0.1, 0.15) is 0 Å². The topological polar surface area (TPSA) is 106 Å². The summed E-state index contributed by atoms with van der Waals surface area (Å²) in [5, 5.41) is 7.81. The fourth-order valence-corrected chi connectivity index (χ4v) is 2.70. The quantitative estimate of drug-likeness (QED) is 0.754. The van der Waals surface area contributed by atoms with Crippen molar-refractivity contribution < 1.29 is 8.42 Å². The Kier molecular flexibility index (Phi) is 2.87. The van der Waals surface area contributed by atoms with Crippen LogP contribution in [0.3, 0.4) is 0 Å². The van der Waals surface area contributed by atoms with Crippen molar-refractivity contribution in [2.24, 2.45) is 7.05 Å². The lowest BCUT2D eigenvalue weighted by atomic mass is 10.3. The van der Waals surface area contributed by atoms with E-state index >= 15 is 0 Å². The summed E-state index contributed by atoms with van der Waals surface area (Å²) in [6.07, 6.45) is 1.15. The predicted molar refractivity (Wildman–Crippen MR) is 72.9 cm³/mol. The van der Waals surface area contributed by atoms with E-state index in [0.29, 0.717) is 16.1 Å². The van der Waals surface area contributed by atoms with E-state index in [-0.39, 0.29) is 11.0 Å². The second-order valence-corrected chi connectivity index (χ2v) is 6.09. The Morgan fingerprint density at radius 1 is 1.40 bits per heavy atom. The number of hydrogen-bond donors (Lipinski definition) is 2. The molecule has 1 aromatic carbocycles. The first-order valence-electron chi connectivity index (χ1n) is 5.48. The fraction of sp³-hybridized carbons (Fsp3) is 0.100. The van der Waals surface area contributed by atoms with Crippen molar-refractivity contribution in [2.75, 3.05) is 4.72 Å². The summed E-state index contributed by atoms with van der Waals surface area (Å²) < 4.78 is 26.4. The van der Waals surface area contributed by atoms with Gasteiger partial charge in [0.25, 0.3) is 10.0 Å². The van der Waals surface area contributed by atoms with Crippen molar-refractivity contribution in [3.8, 4) is 0 Å². The Labute approximate surface area is 118 Å². The van der Waals surface area contributed by atoms with Gasteiger partial charge in [0.15, 0.2) is 0 Å². The minimum atomic E-state index is -3.82. The second kappa shape index (κ2) is 4.46. The molecule has 0 aliphatic rings. The summed E-state index contributed by atoms with van der Waals surface area (Å²) in [5.41, 5.74) is 1.24. The third kappa shape index (κ3) is 2.32. The Morgan fingerprint density at radius 2 is 2.20 bits per heavy atom. The van der Waals surface area contributed by atoms with E-state index in [1.165, 1.54) is 7.05 Å². The van der Waals surface area contributed by atoms with Crippen molar-refractivity contribution >= 4 is 38.6 Å². The van der Waals surface area contributed by atoms with Crippen LogP contribution in [0.5, 0.6) is 0 Å². The number of sulfonamides is 1. The Bertz CT molecular complexity index is 884. The zero-order valence-electron chi connectivity index (χ0n) is 10.2. The van der Waals surface area contributed by atoms with E-state index < -0.39 is 10.0 Å². The molecule has 2 heterocycles. The van der Waals surface area contributed by atoms with Crippen molar-refractivity contribution in [2.45, 2.75) is 5.03 Å². The van der Waals surface area contributed by atoms with Crippen molar-refractivity contribution in [1.82, 2.24) is 25.0 Å². The van der Waals surface area contributed by atoms with Gasteiger partial charge in [0.1, 0.15) is 0 Å². The first kappa shape index (κ1) is 12.9. The molecule has 0 atom stereocenters. The molecule has 20 heavy (non-hydrogen) atoms. The number of nitrogens with one attached hydrogen (secondary N) is 2. The molecule has 8 nitrogen and oxygen atoms in total. The van der Waals surface area contributed by atoms with Crippen LogP contribution in [0.2, 0.25) is 5.02 Å². The number of imidazole rings is 1. The highest BCUT2D eigenvalue weighted by atomic mass is 35.5. The molecule has 2 aromatic heterocycles. The number of anilines is 1. The van der Waals surface area contributed by atoms with Crippen molar-refractivity contribution in [1.29, 1.82) is 0 Å². The van der Waals surface area contributed by atoms with Gasteiger partial charge in [0.05, 0.1) is 17.2 Å². The standard InChI is InChI=1S/C10H9ClN6O2S/c1-17-12-5-9(15-17)20(18,19)16-10-13-7-3-2-6(11)4-8(7)14-10/h2-5H,1H3,(H2,13,14,16). The Balaban J connectivity index is 1.96. The maximum absolute atomic E-state index is 12.0. The zero-order chi connectivity index (χ0) is 14.3. The molecule has 3 aromatic rings. The van der Waals surface area contributed by atoms with Crippen LogP contribution in [0.15, 0.2) is 29.4 Å². The van der Waals surface area contributed by atoms with Crippen molar-refractivity contribution in [3.05, 3.63) is 29.4 Å². The number of aromatic nitrogens is 5. The van der Waals surface area contributed by atoms with Gasteiger partial charge in [-0.15, -0.1) is 5.10 Å². The lowest BCUT2D eigenvalue weighted by Gasteiger charge is -2.00. The molecule has 2 N–H and O–H groups in total. The molecule has 0 fully saturated rings. The minimum absolute atomic E-state index is 0.0907. The van der Waals surface area contributed by atoms with Crippen LogP contribution in [-0.4, -0.2) is 33.4 Å². The number of rotatable bonds is 3. The fourth-order valence-electron chi connectivity index (χ4n) is 1.66. The number of nitrogens with zero attached hydrogens (tertiary/aromatic N) is 4. The zero-order valence-corrected chi connectivity index (χ0v) is 11.8. The van der Waals surface area contributed by atoms with E-state index in [0.717, 1.165) is 11.0 Å². The van der Waals surface area contributed by atoms with Crippen LogP contribution in [-0.2, 0) is 17.1 Å². The number of aromatic amines is 1. The van der Waals surface area contributed by atoms with E-state index in [1.54, 1.807) is 18.2 Å². The summed E-state index contributed by atoms with van der Waals surface area (Å²) in [6, 6.07) is 5.02. The number of fused-ring (bicyclic) bond motifs is 1. The molecule has 0 spiro atoms. The molecular formula is C10H9ClN6O2S. The highest BCUT2D eigenvalue weighted by Gasteiger charge is 2.19. The van der Waals surface area contributed by atoms with Gasteiger partial charge in [-0.05, 0) is 18.2 Å². The molecule has 0 aliphatic heterocycles. The van der Waals surface area contributed by atoms with Crippen LogP contribution < -0.4 is 4.72 Å². The molecule has 104 valence electrons. The summed E-state index contributed by atoms with van der Waals surface area (Å²) in [4.78, 5) is 8.10.